The third-order valence-electron chi connectivity index (χ3n) is 9.42. The van der Waals surface area contributed by atoms with Crippen LogP contribution < -0.4 is 10.1 Å². The van der Waals surface area contributed by atoms with Crippen LogP contribution in [0.15, 0.2) is 30.4 Å². The second-order valence-electron chi connectivity index (χ2n) is 13.4. The molecule has 1 amide bonds. The normalized spacial score (nSPS) is 24.5. The van der Waals surface area contributed by atoms with Crippen molar-refractivity contribution in [3.8, 4) is 17.2 Å². The molecule has 2 aliphatic carbocycles. The van der Waals surface area contributed by atoms with Crippen molar-refractivity contribution < 1.29 is 77.9 Å². The third-order valence-corrected chi connectivity index (χ3v) is 9.42. The summed E-state index contributed by atoms with van der Waals surface area (Å²) in [5, 5.41) is 57.9. The number of hydrogen-bond acceptors (Lipinski definition) is 15. The van der Waals surface area contributed by atoms with Crippen LogP contribution in [0.3, 0.4) is 0 Å². The zero-order valence-corrected chi connectivity index (χ0v) is 29.9. The Hall–Kier alpha value is -4.91. The molecule has 2 aromatic carbocycles. The fraction of sp³-hybridized carbons (Fsp3) is 0.486. The van der Waals surface area contributed by atoms with Gasteiger partial charge in [-0.3, -0.25) is 19.2 Å². The van der Waals surface area contributed by atoms with Crippen LogP contribution in [0.2, 0.25) is 0 Å². The first-order valence-corrected chi connectivity index (χ1v) is 17.1. The Labute approximate surface area is 309 Å². The number of amides is 1. The highest BCUT2D eigenvalue weighted by Gasteiger charge is 2.48. The fourth-order valence-electron chi connectivity index (χ4n) is 6.94. The van der Waals surface area contributed by atoms with E-state index in [2.05, 4.69) is 11.9 Å². The zero-order valence-electron chi connectivity index (χ0n) is 29.9. The van der Waals surface area contributed by atoms with E-state index < -0.39 is 114 Å². The molecule has 17 nitrogen and oxygen atoms in total. The van der Waals surface area contributed by atoms with Crippen molar-refractivity contribution in [2.45, 2.75) is 75.8 Å². The lowest BCUT2D eigenvalue weighted by molar-refractivity contribution is -0.250. The van der Waals surface area contributed by atoms with Gasteiger partial charge in [0.15, 0.2) is 12.1 Å². The van der Waals surface area contributed by atoms with Crippen molar-refractivity contribution in [3.05, 3.63) is 63.7 Å². The Bertz CT molecular complexity index is 1840. The minimum Gasteiger partial charge on any atom is -0.507 e. The predicted molar refractivity (Wildman–Crippen MR) is 183 cm³/mol. The molecule has 17 heteroatoms. The zero-order chi connectivity index (χ0) is 39.5. The van der Waals surface area contributed by atoms with Gasteiger partial charge in [0.1, 0.15) is 36.6 Å². The summed E-state index contributed by atoms with van der Waals surface area (Å²) in [6.45, 7) is 6.39. The molecule has 0 spiro atoms. The number of phenols is 2. The molecule has 0 aromatic heterocycles. The Kier molecular flexibility index (Phi) is 12.4. The van der Waals surface area contributed by atoms with Crippen molar-refractivity contribution in [1.29, 1.82) is 0 Å². The van der Waals surface area contributed by atoms with Gasteiger partial charge in [-0.1, -0.05) is 18.7 Å². The van der Waals surface area contributed by atoms with Gasteiger partial charge in [0.05, 0.1) is 73.9 Å². The lowest BCUT2D eigenvalue weighted by Gasteiger charge is -2.43. The molecule has 1 aliphatic heterocycles. The number of aliphatic hydroxyl groups is 2. The van der Waals surface area contributed by atoms with Crippen LogP contribution in [0.1, 0.15) is 82.2 Å². The van der Waals surface area contributed by atoms with Gasteiger partial charge in [0.25, 0.3) is 0 Å². The third kappa shape index (κ3) is 8.41. The second-order valence-corrected chi connectivity index (χ2v) is 13.4. The van der Waals surface area contributed by atoms with E-state index in [9.17, 15) is 49.5 Å². The van der Waals surface area contributed by atoms with Crippen molar-refractivity contribution in [2.24, 2.45) is 0 Å². The first-order chi connectivity index (χ1) is 25.6. The van der Waals surface area contributed by atoms with Gasteiger partial charge in [-0.05, 0) is 19.9 Å². The van der Waals surface area contributed by atoms with Crippen LogP contribution in [0.5, 0.6) is 17.2 Å². The number of aliphatic hydroxyl groups excluding tert-OH is 1. The van der Waals surface area contributed by atoms with E-state index in [1.807, 2.05) is 0 Å². The molecule has 0 bridgehead atoms. The van der Waals surface area contributed by atoms with Gasteiger partial charge in [-0.2, -0.15) is 0 Å². The van der Waals surface area contributed by atoms with Crippen molar-refractivity contribution in [2.75, 3.05) is 40.1 Å². The number of hydrogen-bond donors (Lipinski definition) is 6. The number of carbonyl (C=O) groups is 5. The van der Waals surface area contributed by atoms with Gasteiger partial charge >= 0.3 is 11.9 Å². The largest absolute Gasteiger partial charge is 0.507 e. The number of carboxylic acid groups (broad SMARTS) is 1. The summed E-state index contributed by atoms with van der Waals surface area (Å²) in [5.41, 5.74) is -3.38. The van der Waals surface area contributed by atoms with Crippen molar-refractivity contribution >= 4 is 29.4 Å². The number of rotatable bonds is 15. The van der Waals surface area contributed by atoms with Gasteiger partial charge in [-0.25, -0.2) is 4.79 Å². The highest BCUT2D eigenvalue weighted by molar-refractivity contribution is 6.31. The molecule has 54 heavy (non-hydrogen) atoms. The fourth-order valence-corrected chi connectivity index (χ4v) is 6.94. The molecular weight excluding hydrogens is 714 g/mol. The number of benzene rings is 2. The van der Waals surface area contributed by atoms with Gasteiger partial charge in [0, 0.05) is 41.5 Å². The number of fused-ring (bicyclic) bond motifs is 3. The second kappa shape index (κ2) is 16.6. The minimum atomic E-state index is -2.05. The summed E-state index contributed by atoms with van der Waals surface area (Å²) in [5.74, 6) is -5.49. The highest BCUT2D eigenvalue weighted by Crippen LogP contribution is 2.53. The van der Waals surface area contributed by atoms with E-state index in [1.54, 1.807) is 0 Å². The average molecular weight is 758 g/mol. The van der Waals surface area contributed by atoms with E-state index in [4.69, 9.17) is 28.4 Å². The molecule has 2 unspecified atom stereocenters. The Morgan fingerprint density at radius 2 is 1.70 bits per heavy atom. The first-order valence-electron chi connectivity index (χ1n) is 17.1. The molecule has 0 radical (unpaired) electrons. The molecule has 6 N–H and O–H groups in total. The molecule has 6 atom stereocenters. The summed E-state index contributed by atoms with van der Waals surface area (Å²) in [6, 6.07) is 3.37. The summed E-state index contributed by atoms with van der Waals surface area (Å²) in [6.07, 6.45) is -6.69. The van der Waals surface area contributed by atoms with Crippen LogP contribution in [0, 0.1) is 0 Å². The van der Waals surface area contributed by atoms with Crippen LogP contribution in [-0.2, 0) is 44.5 Å². The number of carbonyl (C=O) groups excluding carboxylic acids is 4. The standard InChI is InChI=1S/C37H43NO16/c1-17(2)36(47)52-11-10-50-8-9-51-16-24(39)38-21-12-26(53-18(3)31(21)42)54-23-14-37(48,15-25(40)41)13-20-28(23)35(46)30-29(33(20)44)32(43)19-6-5-7-22(49-4)27(19)34(30)45/h5-7,18,21,23,26,31,42,44,46,48H,1,8-16H2,2-4H3,(H,38,39)(H,40,41)/t18-,21-,23?,26-,31-,37?/m0/s1. The maximum absolute atomic E-state index is 13.9. The van der Waals surface area contributed by atoms with Crippen LogP contribution >= 0.6 is 0 Å². The first kappa shape index (κ1) is 40.3. The number of aliphatic carboxylic acids is 1. The highest BCUT2D eigenvalue weighted by atomic mass is 16.7. The predicted octanol–water partition coefficient (Wildman–Crippen LogP) is 1.22. The molecule has 2 aromatic rings. The monoisotopic (exact) mass is 757 g/mol. The van der Waals surface area contributed by atoms with Crippen LogP contribution in [-0.4, -0.2) is 125 Å². The SMILES string of the molecule is C=C(C)C(=O)OCCOCCOCC(=O)N[C@H]1C[C@H](OC2CC(O)(CC(=O)O)Cc3c(O)c4c(c(O)c32)C(=O)c2c(OC)cccc2C4=O)O[C@@H](C)[C@@H]1O. The number of methoxy groups -OCH3 is 1. The molecule has 0 saturated carbocycles. The number of ether oxygens (including phenoxy) is 6. The number of aromatic hydroxyl groups is 2. The molecule has 1 saturated heterocycles. The molecule has 1 heterocycles. The maximum atomic E-state index is 13.9. The average Bonchev–Trinajstić information content (AvgIpc) is 3.10. The summed E-state index contributed by atoms with van der Waals surface area (Å²) in [4.78, 5) is 63.5. The Balaban J connectivity index is 1.33. The number of nitrogens with one attached hydrogen (secondary N) is 1. The van der Waals surface area contributed by atoms with Crippen LogP contribution in [0.4, 0.5) is 0 Å². The van der Waals surface area contributed by atoms with Gasteiger partial charge in [0.2, 0.25) is 11.7 Å². The van der Waals surface area contributed by atoms with Crippen molar-refractivity contribution in [1.82, 2.24) is 5.32 Å². The lowest BCUT2D eigenvalue weighted by atomic mass is 9.72. The lowest BCUT2D eigenvalue weighted by Crippen LogP contribution is -2.56. The number of esters is 1. The summed E-state index contributed by atoms with van der Waals surface area (Å²) >= 11 is 0. The summed E-state index contributed by atoms with van der Waals surface area (Å²) < 4.78 is 32.9. The Morgan fingerprint density at radius 3 is 2.39 bits per heavy atom. The number of carboxylic acids is 1. The minimum absolute atomic E-state index is 0.0189. The van der Waals surface area contributed by atoms with E-state index in [-0.39, 0.29) is 66.4 Å². The quantitative estimate of drug-likeness (QED) is 0.0552. The van der Waals surface area contributed by atoms with E-state index >= 15 is 0 Å². The van der Waals surface area contributed by atoms with Gasteiger partial charge < -0.3 is 59.3 Å². The molecule has 5 rings (SSSR count). The van der Waals surface area contributed by atoms with Crippen LogP contribution in [0.25, 0.3) is 0 Å². The number of phenolic OH excluding ortho intramolecular Hbond substituents is 2. The topological polar surface area (TPSA) is 254 Å². The van der Waals surface area contributed by atoms with E-state index in [1.165, 1.54) is 39.2 Å². The van der Waals surface area contributed by atoms with Gasteiger partial charge in [-0.15, -0.1) is 0 Å². The molecule has 3 aliphatic rings. The molecular formula is C37H43NO16. The summed E-state index contributed by atoms with van der Waals surface area (Å²) in [7, 11) is 1.30. The number of ketones is 2. The van der Waals surface area contributed by atoms with E-state index in [0.29, 0.717) is 0 Å². The van der Waals surface area contributed by atoms with E-state index in [0.717, 1.165) is 0 Å². The smallest absolute Gasteiger partial charge is 0.333 e. The van der Waals surface area contributed by atoms with Crippen molar-refractivity contribution in [3.63, 3.8) is 0 Å². The maximum Gasteiger partial charge on any atom is 0.333 e. The molecule has 292 valence electrons. The molecule has 1 fully saturated rings. The Morgan fingerprint density at radius 1 is 1.02 bits per heavy atom.